The molecule has 1 aromatic heterocycles. The molecule has 140 valence electrons. The Morgan fingerprint density at radius 2 is 1.74 bits per heavy atom. The summed E-state index contributed by atoms with van der Waals surface area (Å²) in [6.45, 7) is 3.12. The summed E-state index contributed by atoms with van der Waals surface area (Å²) in [5.41, 5.74) is 1.84. The van der Waals surface area contributed by atoms with Crippen LogP contribution in [0, 0.1) is 0 Å². The van der Waals surface area contributed by atoms with E-state index in [1.165, 1.54) is 11.1 Å². The molecule has 0 fully saturated rings. The third-order valence-electron chi connectivity index (χ3n) is 4.96. The number of rotatable bonds is 4. The van der Waals surface area contributed by atoms with Gasteiger partial charge in [0.2, 0.25) is 0 Å². The first-order valence-electron chi connectivity index (χ1n) is 9.01. The molecule has 0 atom stereocenters. The van der Waals surface area contributed by atoms with Gasteiger partial charge in [0.1, 0.15) is 11.5 Å². The van der Waals surface area contributed by atoms with E-state index in [9.17, 15) is 13.2 Å². The number of benzene rings is 2. The second kappa shape index (κ2) is 7.19. The molecular formula is C21H20F3N3. The minimum Gasteiger partial charge on any atom is -0.368 e. The Kier molecular flexibility index (Phi) is 4.74. The molecule has 0 saturated carbocycles. The topological polar surface area (TPSA) is 28.2 Å². The number of pyridine rings is 1. The Labute approximate surface area is 155 Å². The van der Waals surface area contributed by atoms with Crippen molar-refractivity contribution in [3.63, 3.8) is 0 Å². The summed E-state index contributed by atoms with van der Waals surface area (Å²) in [6.07, 6.45) is -3.46. The molecule has 0 amide bonds. The van der Waals surface area contributed by atoms with Gasteiger partial charge in [-0.15, -0.1) is 0 Å². The number of aromatic nitrogens is 1. The van der Waals surface area contributed by atoms with Gasteiger partial charge in [-0.1, -0.05) is 48.5 Å². The fourth-order valence-electron chi connectivity index (χ4n) is 3.56. The molecule has 1 aliphatic heterocycles. The van der Waals surface area contributed by atoms with E-state index in [0.717, 1.165) is 32.1 Å². The average Bonchev–Trinajstić information content (AvgIpc) is 2.67. The lowest BCUT2D eigenvalue weighted by Crippen LogP contribution is -2.34. The summed E-state index contributed by atoms with van der Waals surface area (Å²) in [5.74, 6) is 0.290. The lowest BCUT2D eigenvalue weighted by atomic mass is 10.00. The van der Waals surface area contributed by atoms with Crippen LogP contribution >= 0.6 is 0 Å². The van der Waals surface area contributed by atoms with Crippen LogP contribution in [0.2, 0.25) is 0 Å². The Bertz CT molecular complexity index is 953. The van der Waals surface area contributed by atoms with Crippen molar-refractivity contribution in [1.29, 1.82) is 0 Å². The van der Waals surface area contributed by atoms with E-state index in [1.54, 1.807) is 18.2 Å². The second-order valence-corrected chi connectivity index (χ2v) is 6.80. The molecule has 27 heavy (non-hydrogen) atoms. The number of hydrogen-bond acceptors (Lipinski definition) is 3. The quantitative estimate of drug-likeness (QED) is 0.719. The molecule has 0 aliphatic carbocycles. The molecule has 0 unspecified atom stereocenters. The summed E-state index contributed by atoms with van der Waals surface area (Å²) in [7, 11) is 0. The smallest absolute Gasteiger partial charge is 0.368 e. The van der Waals surface area contributed by atoms with Crippen molar-refractivity contribution < 1.29 is 13.2 Å². The lowest BCUT2D eigenvalue weighted by Gasteiger charge is -2.28. The largest absolute Gasteiger partial charge is 0.433 e. The number of anilines is 1. The lowest BCUT2D eigenvalue weighted by molar-refractivity contribution is -0.140. The van der Waals surface area contributed by atoms with Crippen molar-refractivity contribution in [3.05, 3.63) is 71.4 Å². The zero-order valence-corrected chi connectivity index (χ0v) is 14.8. The van der Waals surface area contributed by atoms with Crippen LogP contribution < -0.4 is 5.32 Å². The maximum Gasteiger partial charge on any atom is 0.433 e. The third-order valence-corrected chi connectivity index (χ3v) is 4.96. The number of nitrogens with zero attached hydrogens (tertiary/aromatic N) is 2. The molecule has 2 heterocycles. The first-order chi connectivity index (χ1) is 13.0. The number of halogens is 3. The molecule has 0 radical (unpaired) electrons. The van der Waals surface area contributed by atoms with Gasteiger partial charge in [0.25, 0.3) is 0 Å². The van der Waals surface area contributed by atoms with E-state index in [4.69, 9.17) is 0 Å². The van der Waals surface area contributed by atoms with E-state index in [1.807, 2.05) is 12.1 Å². The first kappa shape index (κ1) is 17.8. The second-order valence-electron chi connectivity index (χ2n) is 6.80. The first-order valence-corrected chi connectivity index (χ1v) is 9.01. The Balaban J connectivity index is 1.48. The molecule has 2 aromatic carbocycles. The fraction of sp³-hybridized carbons (Fsp3) is 0.286. The van der Waals surface area contributed by atoms with Gasteiger partial charge in [-0.2, -0.15) is 13.2 Å². The molecule has 3 aromatic rings. The van der Waals surface area contributed by atoms with Gasteiger partial charge in [0.05, 0.1) is 0 Å². The maximum atomic E-state index is 13.2. The van der Waals surface area contributed by atoms with Crippen LogP contribution in [0.3, 0.4) is 0 Å². The van der Waals surface area contributed by atoms with Gasteiger partial charge in [-0.3, -0.25) is 4.90 Å². The summed E-state index contributed by atoms with van der Waals surface area (Å²) in [5, 5.41) is 4.36. The number of nitrogens with one attached hydrogen (secondary N) is 1. The van der Waals surface area contributed by atoms with Crippen LogP contribution in [0.25, 0.3) is 10.8 Å². The minimum atomic E-state index is -4.46. The van der Waals surface area contributed by atoms with Crippen molar-refractivity contribution in [2.45, 2.75) is 19.1 Å². The SMILES string of the molecule is FC(F)(F)c1cc2ccccc2c(NCCN2CCc3ccccc3C2)n1. The zero-order chi connectivity index (χ0) is 18.9. The predicted molar refractivity (Wildman–Crippen MR) is 101 cm³/mol. The molecule has 1 N–H and O–H groups in total. The normalized spacial score (nSPS) is 14.9. The molecular weight excluding hydrogens is 351 g/mol. The van der Waals surface area contributed by atoms with Crippen LogP contribution in [0.4, 0.5) is 19.0 Å². The highest BCUT2D eigenvalue weighted by molar-refractivity contribution is 5.92. The van der Waals surface area contributed by atoms with Gasteiger partial charge >= 0.3 is 6.18 Å². The Morgan fingerprint density at radius 3 is 2.56 bits per heavy atom. The summed E-state index contributed by atoms with van der Waals surface area (Å²) >= 11 is 0. The zero-order valence-electron chi connectivity index (χ0n) is 14.8. The average molecular weight is 371 g/mol. The summed E-state index contributed by atoms with van der Waals surface area (Å²) in [6, 6.07) is 16.5. The van der Waals surface area contributed by atoms with Crippen molar-refractivity contribution in [1.82, 2.24) is 9.88 Å². The van der Waals surface area contributed by atoms with Crippen molar-refractivity contribution in [2.75, 3.05) is 25.0 Å². The number of alkyl halides is 3. The highest BCUT2D eigenvalue weighted by Gasteiger charge is 2.33. The van der Waals surface area contributed by atoms with Crippen molar-refractivity contribution in [2.24, 2.45) is 0 Å². The summed E-state index contributed by atoms with van der Waals surface area (Å²) in [4.78, 5) is 6.15. The molecule has 0 bridgehead atoms. The third kappa shape index (κ3) is 3.90. The molecule has 1 aliphatic rings. The van der Waals surface area contributed by atoms with Gasteiger partial charge in [0, 0.05) is 31.6 Å². The van der Waals surface area contributed by atoms with E-state index in [2.05, 4.69) is 33.4 Å². The van der Waals surface area contributed by atoms with E-state index >= 15 is 0 Å². The van der Waals surface area contributed by atoms with E-state index < -0.39 is 11.9 Å². The van der Waals surface area contributed by atoms with Crippen molar-refractivity contribution >= 4 is 16.6 Å². The molecule has 4 rings (SSSR count). The number of fused-ring (bicyclic) bond motifs is 2. The van der Waals surface area contributed by atoms with Gasteiger partial charge in [0.15, 0.2) is 0 Å². The van der Waals surface area contributed by atoms with E-state index in [-0.39, 0.29) is 5.82 Å². The van der Waals surface area contributed by atoms with Crippen LogP contribution in [0.1, 0.15) is 16.8 Å². The van der Waals surface area contributed by atoms with Gasteiger partial charge in [-0.05, 0) is 29.0 Å². The van der Waals surface area contributed by atoms with Crippen LogP contribution in [-0.2, 0) is 19.1 Å². The number of hydrogen-bond donors (Lipinski definition) is 1. The Hall–Kier alpha value is -2.60. The molecule has 3 nitrogen and oxygen atoms in total. The van der Waals surface area contributed by atoms with Crippen LogP contribution in [0.15, 0.2) is 54.6 Å². The van der Waals surface area contributed by atoms with Crippen LogP contribution in [-0.4, -0.2) is 29.5 Å². The minimum absolute atomic E-state index is 0.290. The van der Waals surface area contributed by atoms with Gasteiger partial charge in [-0.25, -0.2) is 4.98 Å². The predicted octanol–water partition coefficient (Wildman–Crippen LogP) is 4.72. The Morgan fingerprint density at radius 1 is 1.00 bits per heavy atom. The highest BCUT2D eigenvalue weighted by Crippen LogP contribution is 2.32. The fourth-order valence-corrected chi connectivity index (χ4v) is 3.56. The highest BCUT2D eigenvalue weighted by atomic mass is 19.4. The summed E-state index contributed by atoms with van der Waals surface area (Å²) < 4.78 is 39.5. The van der Waals surface area contributed by atoms with E-state index in [0.29, 0.717) is 17.3 Å². The van der Waals surface area contributed by atoms with Gasteiger partial charge < -0.3 is 5.32 Å². The maximum absolute atomic E-state index is 13.2. The molecule has 0 saturated heterocycles. The monoisotopic (exact) mass is 371 g/mol. The molecule has 6 heteroatoms. The standard InChI is InChI=1S/C21H20F3N3/c22-21(23,24)19-13-16-6-3-4-8-18(16)20(26-19)25-10-12-27-11-9-15-5-1-2-7-17(15)14-27/h1-8,13H,9-12,14H2,(H,25,26). The van der Waals surface area contributed by atoms with Crippen LogP contribution in [0.5, 0.6) is 0 Å². The van der Waals surface area contributed by atoms with Crippen molar-refractivity contribution in [3.8, 4) is 0 Å². The molecule has 0 spiro atoms.